The quantitative estimate of drug-likeness (QED) is 0.130. The molecule has 0 saturated heterocycles. The number of nitrogens with zero attached hydrogens (tertiary/aromatic N) is 4. The topological polar surface area (TPSA) is 69.8 Å². The molecule has 0 N–H and O–H groups in total. The summed E-state index contributed by atoms with van der Waals surface area (Å²) in [7, 11) is 0. The first kappa shape index (κ1) is 32.2. The number of hydrogen-bond acceptors (Lipinski definition) is 6. The third-order valence-electron chi connectivity index (χ3n) is 7.16. The van der Waals surface area contributed by atoms with Crippen molar-refractivity contribution in [3.8, 4) is 0 Å². The SMILES string of the molecule is CC(=O)SCCCCc1cc(CCCCn2ccnc2)c(CCCCn2ccnc2)cc1CCCCSC(C)=O. The normalized spacial score (nSPS) is 11.2. The third-order valence-corrected chi connectivity index (χ3v) is 8.96. The minimum Gasteiger partial charge on any atom is -0.337 e. The molecule has 8 heteroatoms. The van der Waals surface area contributed by atoms with E-state index in [-0.39, 0.29) is 10.2 Å². The minimum atomic E-state index is 0.208. The molecule has 3 aromatic rings. The van der Waals surface area contributed by atoms with Crippen molar-refractivity contribution in [2.24, 2.45) is 0 Å². The molecule has 2 aromatic heterocycles. The molecule has 0 fully saturated rings. The molecule has 0 unspecified atom stereocenters. The van der Waals surface area contributed by atoms with Crippen molar-refractivity contribution in [2.75, 3.05) is 11.5 Å². The summed E-state index contributed by atoms with van der Waals surface area (Å²) in [6.45, 7) is 5.33. The molecule has 3 rings (SSSR count). The monoisotopic (exact) mass is 582 g/mol. The Morgan fingerprint density at radius 3 is 1.30 bits per heavy atom. The van der Waals surface area contributed by atoms with Gasteiger partial charge in [-0.15, -0.1) is 0 Å². The second-order valence-corrected chi connectivity index (χ2v) is 13.0. The summed E-state index contributed by atoms with van der Waals surface area (Å²) in [5.74, 6) is 1.81. The van der Waals surface area contributed by atoms with Crippen LogP contribution >= 0.6 is 23.5 Å². The summed E-state index contributed by atoms with van der Waals surface area (Å²) in [6.07, 6.45) is 24.9. The maximum absolute atomic E-state index is 11.3. The van der Waals surface area contributed by atoms with Gasteiger partial charge in [-0.3, -0.25) is 9.59 Å². The molecule has 0 amide bonds. The highest BCUT2D eigenvalue weighted by Gasteiger charge is 2.11. The van der Waals surface area contributed by atoms with Crippen LogP contribution in [0.15, 0.2) is 49.6 Å². The number of aryl methyl sites for hydroxylation is 6. The molecule has 218 valence electrons. The summed E-state index contributed by atoms with van der Waals surface area (Å²) in [6, 6.07) is 5.03. The Bertz CT molecular complexity index is 1040. The maximum atomic E-state index is 11.3. The lowest BCUT2D eigenvalue weighted by Gasteiger charge is -2.18. The van der Waals surface area contributed by atoms with E-state index >= 15 is 0 Å². The van der Waals surface area contributed by atoms with Crippen molar-refractivity contribution >= 4 is 33.8 Å². The highest BCUT2D eigenvalue weighted by Crippen LogP contribution is 2.25. The standard InChI is InChI=1S/C32H46N4O2S2/c1-27(37)39-21-9-5-13-31-23-29(11-3-7-17-35-19-15-33-25-35)30(12-4-8-18-36-20-16-34-26-36)24-32(31)14-6-10-22-40-28(2)38/h15-16,19-20,23-26H,3-14,17-18,21-22H2,1-2H3. The van der Waals surface area contributed by atoms with Crippen LogP contribution in [-0.2, 0) is 48.4 Å². The zero-order valence-corrected chi connectivity index (χ0v) is 26.0. The van der Waals surface area contributed by atoms with Gasteiger partial charge in [-0.2, -0.15) is 0 Å². The number of thioether (sulfide) groups is 2. The van der Waals surface area contributed by atoms with Crippen LogP contribution in [-0.4, -0.2) is 40.8 Å². The fraction of sp³-hybridized carbons (Fsp3) is 0.562. The van der Waals surface area contributed by atoms with Gasteiger partial charge in [-0.25, -0.2) is 9.97 Å². The lowest BCUT2D eigenvalue weighted by Crippen LogP contribution is -2.05. The van der Waals surface area contributed by atoms with Crippen LogP contribution in [0, 0.1) is 0 Å². The number of carbonyl (C=O) groups is 2. The molecule has 0 spiro atoms. The Kier molecular flexibility index (Phi) is 15.2. The van der Waals surface area contributed by atoms with Gasteiger partial charge in [-0.1, -0.05) is 35.7 Å². The van der Waals surface area contributed by atoms with Crippen LogP contribution in [0.3, 0.4) is 0 Å². The van der Waals surface area contributed by atoms with E-state index in [1.807, 2.05) is 37.4 Å². The zero-order valence-electron chi connectivity index (χ0n) is 24.4. The number of imidazole rings is 2. The summed E-state index contributed by atoms with van der Waals surface area (Å²) >= 11 is 2.88. The third kappa shape index (κ3) is 12.9. The van der Waals surface area contributed by atoms with Crippen molar-refractivity contribution in [3.05, 3.63) is 71.8 Å². The van der Waals surface area contributed by atoms with Gasteiger partial charge >= 0.3 is 0 Å². The first-order chi connectivity index (χ1) is 19.5. The first-order valence-electron chi connectivity index (χ1n) is 14.8. The van der Waals surface area contributed by atoms with Gasteiger partial charge < -0.3 is 9.13 Å². The predicted octanol–water partition coefficient (Wildman–Crippen LogP) is 7.33. The molecular formula is C32H46N4O2S2. The van der Waals surface area contributed by atoms with Gasteiger partial charge in [0.05, 0.1) is 12.7 Å². The van der Waals surface area contributed by atoms with Gasteiger partial charge in [0.25, 0.3) is 0 Å². The van der Waals surface area contributed by atoms with Gasteiger partial charge in [0.1, 0.15) is 0 Å². The van der Waals surface area contributed by atoms with Crippen molar-refractivity contribution < 1.29 is 9.59 Å². The highest BCUT2D eigenvalue weighted by atomic mass is 32.2. The number of hydrogen-bond donors (Lipinski definition) is 0. The Morgan fingerprint density at radius 2 is 0.975 bits per heavy atom. The maximum Gasteiger partial charge on any atom is 0.185 e. The number of aromatic nitrogens is 4. The van der Waals surface area contributed by atoms with Gasteiger partial charge in [0.15, 0.2) is 10.2 Å². The first-order valence-corrected chi connectivity index (χ1v) is 16.8. The summed E-state index contributed by atoms with van der Waals surface area (Å²) in [4.78, 5) is 31.0. The molecule has 0 bridgehead atoms. The Hall–Kier alpha value is -2.32. The van der Waals surface area contributed by atoms with E-state index in [0.717, 1.165) is 102 Å². The molecular weight excluding hydrogens is 537 g/mol. The fourth-order valence-corrected chi connectivity index (χ4v) is 6.32. The molecule has 40 heavy (non-hydrogen) atoms. The van der Waals surface area contributed by atoms with Crippen LogP contribution in [0.2, 0.25) is 0 Å². The van der Waals surface area contributed by atoms with Crippen LogP contribution in [0.25, 0.3) is 0 Å². The Morgan fingerprint density at radius 1 is 0.600 bits per heavy atom. The molecule has 0 aliphatic carbocycles. The second-order valence-electron chi connectivity index (χ2n) is 10.5. The van der Waals surface area contributed by atoms with Crippen LogP contribution in [0.4, 0.5) is 0 Å². The van der Waals surface area contributed by atoms with Crippen LogP contribution < -0.4 is 0 Å². The van der Waals surface area contributed by atoms with Gasteiger partial charge in [0.2, 0.25) is 0 Å². The number of carbonyl (C=O) groups excluding carboxylic acids is 2. The molecule has 0 radical (unpaired) electrons. The summed E-state index contributed by atoms with van der Waals surface area (Å²) in [5.41, 5.74) is 5.99. The lowest BCUT2D eigenvalue weighted by atomic mass is 9.89. The van der Waals surface area contributed by atoms with E-state index in [0.29, 0.717) is 0 Å². The molecule has 0 saturated carbocycles. The van der Waals surface area contributed by atoms with E-state index in [1.165, 1.54) is 45.8 Å². The van der Waals surface area contributed by atoms with E-state index < -0.39 is 0 Å². The van der Waals surface area contributed by atoms with Gasteiger partial charge in [0, 0.05) is 63.2 Å². The lowest BCUT2D eigenvalue weighted by molar-refractivity contribution is -0.109. The van der Waals surface area contributed by atoms with Crippen molar-refractivity contribution in [1.82, 2.24) is 19.1 Å². The molecule has 0 aliphatic rings. The van der Waals surface area contributed by atoms with Crippen LogP contribution in [0.5, 0.6) is 0 Å². The second kappa shape index (κ2) is 18.9. The minimum absolute atomic E-state index is 0.208. The molecule has 1 aromatic carbocycles. The van der Waals surface area contributed by atoms with Crippen molar-refractivity contribution in [3.63, 3.8) is 0 Å². The van der Waals surface area contributed by atoms with Crippen LogP contribution in [0.1, 0.15) is 87.5 Å². The van der Waals surface area contributed by atoms with Gasteiger partial charge in [-0.05, 0) is 99.3 Å². The predicted molar refractivity (Wildman–Crippen MR) is 169 cm³/mol. The fourth-order valence-electron chi connectivity index (χ4n) is 5.05. The van der Waals surface area contributed by atoms with E-state index in [1.54, 1.807) is 13.8 Å². The molecule has 0 aliphatic heterocycles. The summed E-state index contributed by atoms with van der Waals surface area (Å²) < 4.78 is 4.32. The van der Waals surface area contributed by atoms with E-state index in [9.17, 15) is 9.59 Å². The van der Waals surface area contributed by atoms with Crippen molar-refractivity contribution in [1.29, 1.82) is 0 Å². The Balaban J connectivity index is 1.68. The molecule has 6 nitrogen and oxygen atoms in total. The summed E-state index contributed by atoms with van der Waals surface area (Å²) in [5, 5.41) is 0.416. The Labute approximate surface area is 249 Å². The highest BCUT2D eigenvalue weighted by molar-refractivity contribution is 8.13. The molecule has 2 heterocycles. The smallest absolute Gasteiger partial charge is 0.185 e. The average Bonchev–Trinajstić information content (AvgIpc) is 3.64. The zero-order chi connectivity index (χ0) is 28.4. The number of rotatable bonds is 20. The number of unbranched alkanes of at least 4 members (excludes halogenated alkanes) is 4. The van der Waals surface area contributed by atoms with E-state index in [4.69, 9.17) is 0 Å². The van der Waals surface area contributed by atoms with E-state index in [2.05, 4.69) is 31.2 Å². The number of benzene rings is 1. The average molecular weight is 583 g/mol. The molecule has 0 atom stereocenters. The largest absolute Gasteiger partial charge is 0.337 e. The van der Waals surface area contributed by atoms with Crippen molar-refractivity contribution in [2.45, 2.75) is 104 Å².